The van der Waals surface area contributed by atoms with Crippen molar-refractivity contribution in [3.05, 3.63) is 65.9 Å². The minimum Gasteiger partial charge on any atom is -0.481 e. The second-order valence-corrected chi connectivity index (χ2v) is 7.17. The molecule has 0 aliphatic rings. The van der Waals surface area contributed by atoms with Gasteiger partial charge in [0.05, 0.1) is 6.42 Å². The van der Waals surface area contributed by atoms with Gasteiger partial charge in [0, 0.05) is 23.6 Å². The van der Waals surface area contributed by atoms with E-state index < -0.39 is 5.97 Å². The molecule has 2 aromatic heterocycles. The monoisotopic (exact) mass is 387 g/mol. The Morgan fingerprint density at radius 1 is 1.07 bits per heavy atom. The Hall–Kier alpha value is -3.67. The largest absolute Gasteiger partial charge is 0.481 e. The number of fused-ring (bicyclic) bond motifs is 3. The SMILES string of the molecule is Cc1ccc(-c2nc3c4ccccc4ccn3c2NC(=O)CCC(=O)O)c(C)c1. The summed E-state index contributed by atoms with van der Waals surface area (Å²) in [6.45, 7) is 4.04. The third-order valence-electron chi connectivity index (χ3n) is 4.98. The molecule has 0 fully saturated rings. The number of hydrogen-bond donors (Lipinski definition) is 2. The summed E-state index contributed by atoms with van der Waals surface area (Å²) in [7, 11) is 0. The zero-order chi connectivity index (χ0) is 20.5. The van der Waals surface area contributed by atoms with Gasteiger partial charge in [-0.05, 0) is 30.9 Å². The van der Waals surface area contributed by atoms with Crippen LogP contribution in [-0.4, -0.2) is 26.4 Å². The molecule has 0 spiro atoms. The van der Waals surface area contributed by atoms with Gasteiger partial charge < -0.3 is 10.4 Å². The van der Waals surface area contributed by atoms with Gasteiger partial charge in [-0.3, -0.25) is 14.0 Å². The number of carbonyl (C=O) groups is 2. The summed E-state index contributed by atoms with van der Waals surface area (Å²) in [6.07, 6.45) is 1.57. The number of nitrogens with zero attached hydrogens (tertiary/aromatic N) is 2. The van der Waals surface area contributed by atoms with Crippen molar-refractivity contribution in [1.82, 2.24) is 9.38 Å². The van der Waals surface area contributed by atoms with E-state index in [1.54, 1.807) is 0 Å². The number of carboxylic acids is 1. The lowest BCUT2D eigenvalue weighted by molar-refractivity contribution is -0.138. The van der Waals surface area contributed by atoms with Crippen LogP contribution < -0.4 is 5.32 Å². The van der Waals surface area contributed by atoms with Gasteiger partial charge in [0.2, 0.25) is 5.91 Å². The first-order valence-corrected chi connectivity index (χ1v) is 9.43. The Balaban J connectivity index is 1.91. The molecule has 1 amide bonds. The summed E-state index contributed by atoms with van der Waals surface area (Å²) in [5.41, 5.74) is 4.54. The van der Waals surface area contributed by atoms with E-state index in [1.165, 1.54) is 0 Å². The molecule has 2 heterocycles. The van der Waals surface area contributed by atoms with E-state index in [0.29, 0.717) is 11.5 Å². The van der Waals surface area contributed by atoms with Gasteiger partial charge in [-0.15, -0.1) is 0 Å². The molecule has 0 radical (unpaired) electrons. The lowest BCUT2D eigenvalue weighted by atomic mass is 10.0. The maximum atomic E-state index is 12.4. The third-order valence-corrected chi connectivity index (χ3v) is 4.98. The van der Waals surface area contributed by atoms with Crippen molar-refractivity contribution in [3.63, 3.8) is 0 Å². The van der Waals surface area contributed by atoms with Crippen molar-refractivity contribution >= 4 is 34.1 Å². The van der Waals surface area contributed by atoms with E-state index in [9.17, 15) is 9.59 Å². The number of carboxylic acid groups (broad SMARTS) is 1. The average molecular weight is 387 g/mol. The Kier molecular flexibility index (Phi) is 4.76. The van der Waals surface area contributed by atoms with Crippen LogP contribution in [0.3, 0.4) is 0 Å². The number of benzene rings is 2. The number of anilines is 1. The smallest absolute Gasteiger partial charge is 0.303 e. The van der Waals surface area contributed by atoms with Crippen LogP contribution in [0.2, 0.25) is 0 Å². The highest BCUT2D eigenvalue weighted by atomic mass is 16.4. The van der Waals surface area contributed by atoms with Crippen molar-refractivity contribution in [1.29, 1.82) is 0 Å². The number of imidazole rings is 1. The van der Waals surface area contributed by atoms with Gasteiger partial charge in [-0.25, -0.2) is 4.98 Å². The number of aryl methyl sites for hydroxylation is 2. The Bertz CT molecular complexity index is 1260. The van der Waals surface area contributed by atoms with Gasteiger partial charge >= 0.3 is 5.97 Å². The minimum atomic E-state index is -1.00. The van der Waals surface area contributed by atoms with E-state index in [0.717, 1.165) is 33.1 Å². The lowest BCUT2D eigenvalue weighted by Gasteiger charge is -2.10. The molecule has 0 aliphatic carbocycles. The standard InChI is InChI=1S/C23H21N3O3/c1-14-7-8-17(15(2)13-14)21-23(24-19(27)9-10-20(28)29)26-12-11-16-5-3-4-6-18(16)22(26)25-21/h3-8,11-13H,9-10H2,1-2H3,(H,24,27)(H,28,29). The zero-order valence-electron chi connectivity index (χ0n) is 16.3. The fourth-order valence-corrected chi connectivity index (χ4v) is 3.57. The first kappa shape index (κ1) is 18.7. The van der Waals surface area contributed by atoms with E-state index in [1.807, 2.05) is 66.9 Å². The second-order valence-electron chi connectivity index (χ2n) is 7.17. The molecular weight excluding hydrogens is 366 g/mol. The lowest BCUT2D eigenvalue weighted by Crippen LogP contribution is -2.15. The van der Waals surface area contributed by atoms with Gasteiger partial charge in [0.25, 0.3) is 0 Å². The first-order chi connectivity index (χ1) is 13.9. The molecule has 0 unspecified atom stereocenters. The van der Waals surface area contributed by atoms with Crippen LogP contribution in [0.1, 0.15) is 24.0 Å². The van der Waals surface area contributed by atoms with E-state index in [2.05, 4.69) is 11.4 Å². The molecule has 0 atom stereocenters. The van der Waals surface area contributed by atoms with Crippen molar-refractivity contribution in [2.75, 3.05) is 5.32 Å². The summed E-state index contributed by atoms with van der Waals surface area (Å²) in [4.78, 5) is 28.1. The molecule has 0 saturated heterocycles. The number of hydrogen-bond acceptors (Lipinski definition) is 3. The molecule has 2 N–H and O–H groups in total. The molecule has 146 valence electrons. The highest BCUT2D eigenvalue weighted by Crippen LogP contribution is 2.34. The molecular formula is C23H21N3O3. The molecule has 0 saturated carbocycles. The van der Waals surface area contributed by atoms with E-state index in [-0.39, 0.29) is 18.7 Å². The number of carbonyl (C=O) groups excluding carboxylic acids is 1. The van der Waals surface area contributed by atoms with Crippen molar-refractivity contribution in [2.24, 2.45) is 0 Å². The number of amides is 1. The topological polar surface area (TPSA) is 83.7 Å². The average Bonchev–Trinajstić information content (AvgIpc) is 3.05. The predicted octanol–water partition coefficient (Wildman–Crippen LogP) is 4.57. The highest BCUT2D eigenvalue weighted by Gasteiger charge is 2.19. The number of rotatable bonds is 5. The Morgan fingerprint density at radius 2 is 1.86 bits per heavy atom. The van der Waals surface area contributed by atoms with E-state index >= 15 is 0 Å². The maximum absolute atomic E-state index is 12.4. The quantitative estimate of drug-likeness (QED) is 0.525. The molecule has 4 rings (SSSR count). The predicted molar refractivity (Wildman–Crippen MR) is 113 cm³/mol. The summed E-state index contributed by atoms with van der Waals surface area (Å²) in [5.74, 6) is -0.805. The second kappa shape index (κ2) is 7.39. The molecule has 6 nitrogen and oxygen atoms in total. The van der Waals surface area contributed by atoms with Crippen molar-refractivity contribution < 1.29 is 14.7 Å². The summed E-state index contributed by atoms with van der Waals surface area (Å²) in [5, 5.41) is 13.8. The number of aromatic nitrogens is 2. The van der Waals surface area contributed by atoms with Gasteiger partial charge in [0.1, 0.15) is 17.2 Å². The fourth-order valence-electron chi connectivity index (χ4n) is 3.57. The van der Waals surface area contributed by atoms with Gasteiger partial charge in [-0.1, -0.05) is 48.0 Å². The number of aliphatic carboxylic acids is 1. The summed E-state index contributed by atoms with van der Waals surface area (Å²) < 4.78 is 1.86. The molecule has 6 heteroatoms. The number of pyridine rings is 1. The third kappa shape index (κ3) is 3.57. The summed E-state index contributed by atoms with van der Waals surface area (Å²) in [6, 6.07) is 16.0. The van der Waals surface area contributed by atoms with Crippen molar-refractivity contribution in [2.45, 2.75) is 26.7 Å². The fraction of sp³-hybridized carbons (Fsp3) is 0.174. The first-order valence-electron chi connectivity index (χ1n) is 9.43. The normalized spacial score (nSPS) is 11.1. The molecule has 29 heavy (non-hydrogen) atoms. The highest BCUT2D eigenvalue weighted by molar-refractivity contribution is 6.00. The molecule has 0 bridgehead atoms. The van der Waals surface area contributed by atoms with Crippen LogP contribution in [0.4, 0.5) is 5.82 Å². The number of nitrogens with one attached hydrogen (secondary N) is 1. The molecule has 0 aliphatic heterocycles. The van der Waals surface area contributed by atoms with Crippen LogP contribution in [0.5, 0.6) is 0 Å². The van der Waals surface area contributed by atoms with E-state index in [4.69, 9.17) is 10.1 Å². The van der Waals surface area contributed by atoms with Crippen LogP contribution in [0.15, 0.2) is 54.7 Å². The Labute approximate surface area is 167 Å². The van der Waals surface area contributed by atoms with Gasteiger partial charge in [0.15, 0.2) is 0 Å². The van der Waals surface area contributed by atoms with Gasteiger partial charge in [-0.2, -0.15) is 0 Å². The summed E-state index contributed by atoms with van der Waals surface area (Å²) >= 11 is 0. The van der Waals surface area contributed by atoms with Crippen LogP contribution in [-0.2, 0) is 9.59 Å². The molecule has 4 aromatic rings. The minimum absolute atomic E-state index is 0.0948. The Morgan fingerprint density at radius 3 is 2.62 bits per heavy atom. The van der Waals surface area contributed by atoms with Crippen LogP contribution in [0, 0.1) is 13.8 Å². The van der Waals surface area contributed by atoms with Crippen LogP contribution >= 0.6 is 0 Å². The van der Waals surface area contributed by atoms with Crippen LogP contribution in [0.25, 0.3) is 27.7 Å². The molecule has 2 aromatic carbocycles. The maximum Gasteiger partial charge on any atom is 0.303 e. The zero-order valence-corrected chi connectivity index (χ0v) is 16.3. The van der Waals surface area contributed by atoms with Crippen molar-refractivity contribution in [3.8, 4) is 11.3 Å².